The Morgan fingerprint density at radius 3 is 2.19 bits per heavy atom. The van der Waals surface area contributed by atoms with E-state index in [1.807, 2.05) is 20.2 Å². The lowest BCUT2D eigenvalue weighted by atomic mass is 10.1. The van der Waals surface area contributed by atoms with E-state index in [1.54, 1.807) is 11.3 Å². The Hall–Kier alpha value is -2.85. The van der Waals surface area contributed by atoms with Crippen LogP contribution in [0.3, 0.4) is 0 Å². The molecule has 2 heterocycles. The lowest BCUT2D eigenvalue weighted by Gasteiger charge is -2.17. The van der Waals surface area contributed by atoms with Crippen molar-refractivity contribution < 1.29 is 33.3 Å². The molecule has 4 rings (SSSR count). The Morgan fingerprint density at radius 2 is 1.58 bits per heavy atom. The maximum Gasteiger partial charge on any atom is 0.387 e. The fourth-order valence-electron chi connectivity index (χ4n) is 2.87. The molecule has 0 atom stereocenters. The second-order valence-electron chi connectivity index (χ2n) is 6.69. The zero-order valence-electron chi connectivity index (χ0n) is 16.8. The van der Waals surface area contributed by atoms with Gasteiger partial charge in [-0.2, -0.15) is 4.40 Å². The topological polar surface area (TPSA) is 112 Å². The minimum Gasteiger partial charge on any atom is -0.378 e. The van der Waals surface area contributed by atoms with Gasteiger partial charge in [0.1, 0.15) is 11.9 Å². The Labute approximate surface area is 186 Å². The van der Waals surface area contributed by atoms with Crippen LogP contribution in [-0.4, -0.2) is 19.1 Å². The molecule has 31 heavy (non-hydrogen) atoms. The van der Waals surface area contributed by atoms with Gasteiger partial charge in [0.05, 0.1) is 0 Å². The molecule has 0 fully saturated rings. The second-order valence-corrected chi connectivity index (χ2v) is 8.31. The largest absolute Gasteiger partial charge is 0.387 e. The van der Waals surface area contributed by atoms with Crippen molar-refractivity contribution in [2.24, 2.45) is 0 Å². The van der Waals surface area contributed by atoms with Gasteiger partial charge in [-0.3, -0.25) is 0 Å². The normalized spacial score (nSPS) is 11.4. The molecule has 0 saturated heterocycles. The number of rotatable bonds is 4. The standard InChI is InChI=1S/C22H20N3S.ClHO4/c1-24(2)20-12-9-17(10-13-20)8-11-19-16-21(18-6-4-3-5-7-18)25-14-15-26-22(25)23-19;2-1(3,4)5/h3-16H,1-2H3;(H,2,3,4,5)/q+1;/p-1. The molecule has 0 spiro atoms. The number of halogens is 1. The van der Waals surface area contributed by atoms with Gasteiger partial charge in [0.15, 0.2) is 5.69 Å². The van der Waals surface area contributed by atoms with Crippen molar-refractivity contribution in [2.45, 2.75) is 0 Å². The minimum atomic E-state index is -4.94. The van der Waals surface area contributed by atoms with E-state index in [-0.39, 0.29) is 0 Å². The number of anilines is 1. The van der Waals surface area contributed by atoms with E-state index < -0.39 is 10.2 Å². The van der Waals surface area contributed by atoms with Crippen molar-refractivity contribution in [3.8, 4) is 11.3 Å². The van der Waals surface area contributed by atoms with Crippen LogP contribution in [-0.2, 0) is 0 Å². The van der Waals surface area contributed by atoms with E-state index in [2.05, 4.69) is 87.6 Å². The molecule has 160 valence electrons. The number of hydrogen-bond acceptors (Lipinski definition) is 7. The predicted molar refractivity (Wildman–Crippen MR) is 110 cm³/mol. The number of benzene rings is 2. The highest BCUT2D eigenvalue weighted by molar-refractivity contribution is 7.14. The molecular weight excluding hydrogens is 438 g/mol. The number of nitrogens with zero attached hydrogens (tertiary/aromatic N) is 3. The first kappa shape index (κ1) is 22.8. The summed E-state index contributed by atoms with van der Waals surface area (Å²) in [6, 6.07) is 21.1. The molecule has 0 aliphatic rings. The molecule has 0 aliphatic carbocycles. The molecule has 9 heteroatoms. The zero-order chi connectivity index (χ0) is 22.4. The fourth-order valence-corrected chi connectivity index (χ4v) is 3.61. The fraction of sp³-hybridized carbons (Fsp3) is 0.0909. The minimum absolute atomic E-state index is 0.961. The molecule has 2 aromatic heterocycles. The van der Waals surface area contributed by atoms with E-state index in [9.17, 15) is 0 Å². The van der Waals surface area contributed by atoms with Crippen LogP contribution in [0.2, 0.25) is 0 Å². The molecule has 4 aromatic rings. The number of fused-ring (bicyclic) bond motifs is 1. The van der Waals surface area contributed by atoms with Crippen molar-refractivity contribution >= 4 is 34.1 Å². The SMILES string of the molecule is CN(C)c1ccc(/C=C/c2cc(-c3ccccc3)[n+]3ccsc3n2)cc1.[O-][Cl+3]([O-])([O-])[O-]. The summed E-state index contributed by atoms with van der Waals surface area (Å²) >= 11 is 1.65. The molecular formula is C22H20ClN3O4S. The third-order valence-corrected chi connectivity index (χ3v) is 5.04. The van der Waals surface area contributed by atoms with Gasteiger partial charge in [-0.15, -0.1) is 10.2 Å². The van der Waals surface area contributed by atoms with E-state index in [1.165, 1.54) is 11.3 Å². The van der Waals surface area contributed by atoms with Crippen LogP contribution in [0.15, 0.2) is 72.2 Å². The van der Waals surface area contributed by atoms with Gasteiger partial charge < -0.3 is 4.90 Å². The summed E-state index contributed by atoms with van der Waals surface area (Å²) in [5.41, 5.74) is 5.66. The number of aromatic nitrogens is 2. The molecule has 0 aliphatic heterocycles. The Morgan fingerprint density at radius 1 is 0.935 bits per heavy atom. The lowest BCUT2D eigenvalue weighted by molar-refractivity contribution is -2.00. The predicted octanol–water partition coefficient (Wildman–Crippen LogP) is 0.0292. The first-order chi connectivity index (χ1) is 14.7. The maximum absolute atomic E-state index is 8.49. The maximum atomic E-state index is 8.49. The average Bonchev–Trinajstić information content (AvgIpc) is 3.20. The third kappa shape index (κ3) is 6.83. The summed E-state index contributed by atoms with van der Waals surface area (Å²) in [7, 11) is -0.846. The highest BCUT2D eigenvalue weighted by Crippen LogP contribution is 2.20. The molecule has 0 saturated carbocycles. The van der Waals surface area contributed by atoms with Gasteiger partial charge in [-0.1, -0.05) is 59.9 Å². The van der Waals surface area contributed by atoms with Crippen LogP contribution in [0.1, 0.15) is 11.3 Å². The highest BCUT2D eigenvalue weighted by atomic mass is 35.7. The van der Waals surface area contributed by atoms with E-state index >= 15 is 0 Å². The van der Waals surface area contributed by atoms with Crippen molar-refractivity contribution in [1.82, 2.24) is 4.98 Å². The molecule has 0 bridgehead atoms. The van der Waals surface area contributed by atoms with E-state index in [4.69, 9.17) is 23.6 Å². The van der Waals surface area contributed by atoms with Crippen molar-refractivity contribution in [2.75, 3.05) is 19.0 Å². The Balaban J connectivity index is 0.000000491. The van der Waals surface area contributed by atoms with Gasteiger partial charge >= 0.3 is 4.96 Å². The Bertz CT molecular complexity index is 1150. The lowest BCUT2D eigenvalue weighted by Crippen LogP contribution is -2.68. The zero-order valence-corrected chi connectivity index (χ0v) is 18.4. The summed E-state index contributed by atoms with van der Waals surface area (Å²) in [5, 5.41) is 2.07. The first-order valence-electron chi connectivity index (χ1n) is 9.13. The first-order valence-corrected chi connectivity index (χ1v) is 11.2. The monoisotopic (exact) mass is 457 g/mol. The van der Waals surface area contributed by atoms with Gasteiger partial charge in [-0.25, -0.2) is 18.6 Å². The van der Waals surface area contributed by atoms with Crippen LogP contribution < -0.4 is 27.9 Å². The van der Waals surface area contributed by atoms with Gasteiger partial charge in [0.25, 0.3) is 0 Å². The van der Waals surface area contributed by atoms with Crippen LogP contribution in [0.4, 0.5) is 5.69 Å². The molecule has 7 nitrogen and oxygen atoms in total. The molecule has 0 radical (unpaired) electrons. The van der Waals surface area contributed by atoms with Crippen molar-refractivity contribution in [3.05, 3.63) is 83.5 Å². The van der Waals surface area contributed by atoms with Gasteiger partial charge in [-0.05, 0) is 28.8 Å². The summed E-state index contributed by atoms with van der Waals surface area (Å²) < 4.78 is 36.1. The second kappa shape index (κ2) is 9.97. The van der Waals surface area contributed by atoms with E-state index in [0.717, 1.165) is 21.9 Å². The van der Waals surface area contributed by atoms with Crippen molar-refractivity contribution in [1.29, 1.82) is 0 Å². The summed E-state index contributed by atoms with van der Waals surface area (Å²) in [6.45, 7) is 0. The average molecular weight is 458 g/mol. The molecule has 2 aromatic carbocycles. The molecule has 0 N–H and O–H groups in total. The third-order valence-electron chi connectivity index (χ3n) is 4.28. The van der Waals surface area contributed by atoms with Crippen molar-refractivity contribution in [3.63, 3.8) is 0 Å². The van der Waals surface area contributed by atoms with Crippen LogP contribution in [0.5, 0.6) is 0 Å². The summed E-state index contributed by atoms with van der Waals surface area (Å²) in [5.74, 6) is 0. The van der Waals surface area contributed by atoms with Gasteiger partial charge in [0, 0.05) is 36.8 Å². The van der Waals surface area contributed by atoms with Crippen LogP contribution >= 0.6 is 11.3 Å². The highest BCUT2D eigenvalue weighted by Gasteiger charge is 2.15. The number of hydrogen-bond donors (Lipinski definition) is 0. The van der Waals surface area contributed by atoms with Gasteiger partial charge in [0.2, 0.25) is 0 Å². The Kier molecular flexibility index (Phi) is 7.34. The molecule has 0 amide bonds. The summed E-state index contributed by atoms with van der Waals surface area (Å²) in [4.78, 5) is 7.86. The summed E-state index contributed by atoms with van der Waals surface area (Å²) in [6.07, 6.45) is 6.26. The molecule has 0 unspecified atom stereocenters. The van der Waals surface area contributed by atoms with E-state index in [0.29, 0.717) is 0 Å². The number of thiazole rings is 1. The smallest absolute Gasteiger partial charge is 0.378 e. The quantitative estimate of drug-likeness (QED) is 0.399. The van der Waals surface area contributed by atoms with Crippen LogP contribution in [0.25, 0.3) is 28.4 Å². The van der Waals surface area contributed by atoms with Crippen LogP contribution in [0, 0.1) is 10.2 Å².